The van der Waals surface area contributed by atoms with Crippen LogP contribution < -0.4 is 5.56 Å². The Morgan fingerprint density at radius 3 is 2.68 bits per heavy atom. The molecule has 0 aliphatic carbocycles. The molecule has 2 aromatic carbocycles. The van der Waals surface area contributed by atoms with Gasteiger partial charge in [0.05, 0.1) is 17.2 Å². The van der Waals surface area contributed by atoms with Crippen molar-refractivity contribution in [3.63, 3.8) is 0 Å². The first-order chi connectivity index (χ1) is 14.9. The maximum atomic E-state index is 13.1. The number of fused-ring (bicyclic) bond motifs is 2. The number of nitrogens with zero attached hydrogens (tertiary/aromatic N) is 3. The van der Waals surface area contributed by atoms with Gasteiger partial charge in [-0.1, -0.05) is 23.7 Å². The number of thiophene rings is 1. The zero-order valence-corrected chi connectivity index (χ0v) is 18.8. The van der Waals surface area contributed by atoms with Crippen molar-refractivity contribution in [1.82, 2.24) is 19.2 Å². The average Bonchev–Trinajstić information content (AvgIpc) is 3.18. The highest BCUT2D eigenvalue weighted by Crippen LogP contribution is 2.33. The molecular weight excluding hydrogens is 456 g/mol. The Kier molecular flexibility index (Phi) is 5.31. The summed E-state index contributed by atoms with van der Waals surface area (Å²) in [5, 5.41) is 2.04. The van der Waals surface area contributed by atoms with Crippen molar-refractivity contribution in [3.05, 3.63) is 69.7 Å². The molecule has 0 spiro atoms. The monoisotopic (exact) mass is 474 g/mol. The number of hydrogen-bond acceptors (Lipinski definition) is 6. The smallest absolute Gasteiger partial charge is 0.258 e. The molecule has 160 valence electrons. The zero-order chi connectivity index (χ0) is 21.6. The minimum atomic E-state index is -3.53. The van der Waals surface area contributed by atoms with E-state index in [1.54, 1.807) is 28.6 Å². The number of H-pyrrole nitrogens is 1. The fourth-order valence-corrected chi connectivity index (χ4v) is 7.09. The van der Waals surface area contributed by atoms with Gasteiger partial charge in [-0.3, -0.25) is 9.69 Å². The molecule has 0 atom stereocenters. The summed E-state index contributed by atoms with van der Waals surface area (Å²) in [5.74, 6) is 0. The predicted octanol–water partition coefficient (Wildman–Crippen LogP) is 3.30. The molecule has 7 nitrogen and oxygen atoms in total. The van der Waals surface area contributed by atoms with Crippen LogP contribution in [-0.2, 0) is 16.6 Å². The second-order valence-electron chi connectivity index (χ2n) is 7.51. The van der Waals surface area contributed by atoms with Gasteiger partial charge in [0.1, 0.15) is 4.21 Å². The van der Waals surface area contributed by atoms with Gasteiger partial charge in [0.2, 0.25) is 0 Å². The van der Waals surface area contributed by atoms with E-state index in [9.17, 15) is 13.2 Å². The molecule has 0 saturated carbocycles. The molecule has 1 saturated heterocycles. The second-order valence-corrected chi connectivity index (χ2v) is 11.2. The van der Waals surface area contributed by atoms with Gasteiger partial charge in [-0.15, -0.1) is 11.3 Å². The van der Waals surface area contributed by atoms with Gasteiger partial charge >= 0.3 is 0 Å². The highest BCUT2D eigenvalue weighted by Gasteiger charge is 2.30. The highest BCUT2D eigenvalue weighted by atomic mass is 35.5. The topological polar surface area (TPSA) is 86.4 Å². The SMILES string of the molecule is O=c1[nH]cnc2cc(CN3CCN(S(=O)(=O)c4cc5ccc(Cl)cc5s4)CC3)ccc12. The molecule has 1 aliphatic heterocycles. The van der Waals surface area contributed by atoms with Crippen LogP contribution in [-0.4, -0.2) is 53.8 Å². The van der Waals surface area contributed by atoms with Crippen LogP contribution in [0.4, 0.5) is 0 Å². The summed E-state index contributed by atoms with van der Waals surface area (Å²) < 4.78 is 29.0. The Labute approximate surface area is 187 Å². The first kappa shape index (κ1) is 20.6. The van der Waals surface area contributed by atoms with Crippen LogP contribution in [0.3, 0.4) is 0 Å². The molecule has 1 fully saturated rings. The number of nitrogens with one attached hydrogen (secondary N) is 1. The number of piperazine rings is 1. The molecule has 1 aliphatic rings. The van der Waals surface area contributed by atoms with Crippen molar-refractivity contribution >= 4 is 54.0 Å². The van der Waals surface area contributed by atoms with Crippen LogP contribution in [0.25, 0.3) is 21.0 Å². The number of benzene rings is 2. The summed E-state index contributed by atoms with van der Waals surface area (Å²) in [5.41, 5.74) is 1.55. The molecule has 0 unspecified atom stereocenters. The summed E-state index contributed by atoms with van der Waals surface area (Å²) in [6.07, 6.45) is 1.40. The molecule has 1 N–H and O–H groups in total. The van der Waals surface area contributed by atoms with E-state index in [0.29, 0.717) is 52.9 Å². The van der Waals surface area contributed by atoms with E-state index < -0.39 is 10.0 Å². The van der Waals surface area contributed by atoms with E-state index in [1.807, 2.05) is 18.2 Å². The van der Waals surface area contributed by atoms with Crippen LogP contribution in [0.1, 0.15) is 5.56 Å². The Morgan fingerprint density at radius 2 is 1.87 bits per heavy atom. The summed E-state index contributed by atoms with van der Waals surface area (Å²) in [6.45, 7) is 2.82. The standard InChI is InChI=1S/C21H19ClN4O3S2/c22-16-3-2-15-10-20(30-19(15)11-16)31(28,29)26-7-5-25(6-8-26)12-14-1-4-17-18(9-14)23-13-24-21(17)27/h1-4,9-11,13H,5-8,12H2,(H,23,24,27). The van der Waals surface area contributed by atoms with Crippen LogP contribution >= 0.6 is 22.9 Å². The number of sulfonamides is 1. The molecule has 5 rings (SSSR count). The van der Waals surface area contributed by atoms with E-state index in [1.165, 1.54) is 17.7 Å². The van der Waals surface area contributed by atoms with Gasteiger partial charge in [-0.05, 0) is 41.3 Å². The van der Waals surface area contributed by atoms with Crippen molar-refractivity contribution < 1.29 is 8.42 Å². The van der Waals surface area contributed by atoms with Gasteiger partial charge in [0.15, 0.2) is 0 Å². The fraction of sp³-hybridized carbons (Fsp3) is 0.238. The first-order valence-electron chi connectivity index (χ1n) is 9.78. The highest BCUT2D eigenvalue weighted by molar-refractivity contribution is 7.91. The van der Waals surface area contributed by atoms with Crippen molar-refractivity contribution in [2.75, 3.05) is 26.2 Å². The van der Waals surface area contributed by atoms with Crippen molar-refractivity contribution in [3.8, 4) is 0 Å². The Morgan fingerprint density at radius 1 is 1.06 bits per heavy atom. The van der Waals surface area contributed by atoms with Gasteiger partial charge in [-0.2, -0.15) is 4.31 Å². The summed E-state index contributed by atoms with van der Waals surface area (Å²) in [6, 6.07) is 12.7. The van der Waals surface area contributed by atoms with Crippen LogP contribution in [0.15, 0.2) is 57.8 Å². The lowest BCUT2D eigenvalue weighted by Gasteiger charge is -2.33. The third-order valence-electron chi connectivity index (χ3n) is 5.50. The van der Waals surface area contributed by atoms with Crippen LogP contribution in [0, 0.1) is 0 Å². The number of aromatic amines is 1. The minimum Gasteiger partial charge on any atom is -0.313 e. The van der Waals surface area contributed by atoms with Crippen molar-refractivity contribution in [2.24, 2.45) is 0 Å². The quantitative estimate of drug-likeness (QED) is 0.490. The van der Waals surface area contributed by atoms with E-state index in [2.05, 4.69) is 14.9 Å². The van der Waals surface area contributed by atoms with E-state index >= 15 is 0 Å². The van der Waals surface area contributed by atoms with Gasteiger partial charge in [0, 0.05) is 42.4 Å². The number of halogens is 1. The molecule has 4 aromatic rings. The summed E-state index contributed by atoms with van der Waals surface area (Å²) in [4.78, 5) is 20.8. The van der Waals surface area contributed by atoms with Crippen molar-refractivity contribution in [2.45, 2.75) is 10.8 Å². The number of hydrogen-bond donors (Lipinski definition) is 1. The van der Waals surface area contributed by atoms with Crippen LogP contribution in [0.2, 0.25) is 5.02 Å². The Hall–Kier alpha value is -2.30. The molecule has 31 heavy (non-hydrogen) atoms. The maximum Gasteiger partial charge on any atom is 0.258 e. The maximum absolute atomic E-state index is 13.1. The number of rotatable bonds is 4. The van der Waals surface area contributed by atoms with Crippen molar-refractivity contribution in [1.29, 1.82) is 0 Å². The Bertz CT molecular complexity index is 1440. The second kappa shape index (κ2) is 7.99. The summed E-state index contributed by atoms with van der Waals surface area (Å²) >= 11 is 7.29. The van der Waals surface area contributed by atoms with Crippen LogP contribution in [0.5, 0.6) is 0 Å². The lowest BCUT2D eigenvalue weighted by atomic mass is 10.1. The average molecular weight is 475 g/mol. The molecule has 0 bridgehead atoms. The fourth-order valence-electron chi connectivity index (χ4n) is 3.83. The molecule has 0 radical (unpaired) electrons. The van der Waals surface area contributed by atoms with Gasteiger partial charge in [-0.25, -0.2) is 13.4 Å². The zero-order valence-electron chi connectivity index (χ0n) is 16.4. The van der Waals surface area contributed by atoms with E-state index in [-0.39, 0.29) is 5.56 Å². The molecule has 2 aromatic heterocycles. The lowest BCUT2D eigenvalue weighted by molar-refractivity contribution is 0.182. The molecular formula is C21H19ClN4O3S2. The predicted molar refractivity (Wildman–Crippen MR) is 123 cm³/mol. The largest absolute Gasteiger partial charge is 0.313 e. The van der Waals surface area contributed by atoms with E-state index in [0.717, 1.165) is 15.6 Å². The Balaban J connectivity index is 1.28. The third kappa shape index (κ3) is 3.99. The minimum absolute atomic E-state index is 0.154. The third-order valence-corrected chi connectivity index (χ3v) is 9.18. The van der Waals surface area contributed by atoms with Gasteiger partial charge < -0.3 is 4.98 Å². The first-order valence-corrected chi connectivity index (χ1v) is 12.4. The molecule has 3 heterocycles. The lowest BCUT2D eigenvalue weighted by Crippen LogP contribution is -2.48. The molecule has 10 heteroatoms. The van der Waals surface area contributed by atoms with E-state index in [4.69, 9.17) is 11.6 Å². The molecule has 0 amide bonds. The van der Waals surface area contributed by atoms with Gasteiger partial charge in [0.25, 0.3) is 15.6 Å². The number of aromatic nitrogens is 2. The normalized spacial score (nSPS) is 16.3. The summed E-state index contributed by atoms with van der Waals surface area (Å²) in [7, 11) is -3.53.